The van der Waals surface area contributed by atoms with E-state index in [0.717, 1.165) is 0 Å². The Morgan fingerprint density at radius 1 is 1.33 bits per heavy atom. The average molecular weight is 254 g/mol. The van der Waals surface area contributed by atoms with Gasteiger partial charge in [0.25, 0.3) is 0 Å². The summed E-state index contributed by atoms with van der Waals surface area (Å²) in [5.74, 6) is -0.437. The van der Waals surface area contributed by atoms with Crippen LogP contribution in [0.15, 0.2) is 11.3 Å². The number of rotatable bonds is 0. The second-order valence-corrected chi connectivity index (χ2v) is 4.56. The highest BCUT2D eigenvalue weighted by Gasteiger charge is 2.49. The molecule has 0 saturated carbocycles. The number of esters is 1. The van der Waals surface area contributed by atoms with E-state index in [0.29, 0.717) is 11.3 Å². The predicted octanol–water partition coefficient (Wildman–Crippen LogP) is -0.371. The maximum atomic E-state index is 11.9. The molecule has 0 aliphatic carbocycles. The van der Waals surface area contributed by atoms with Crippen molar-refractivity contribution in [3.63, 3.8) is 0 Å². The van der Waals surface area contributed by atoms with Gasteiger partial charge in [-0.25, -0.2) is 9.59 Å². The highest BCUT2D eigenvalue weighted by Crippen LogP contribution is 2.30. The standard InChI is InChI=1S/C11H14N2O5/c1-4-7-8(13-11(15)12-4)9-6(18-10(7)14)3-16-5(2)17-9/h5-6,8-9H,3H2,1-2H3,(H2,12,13,15)/t5-,6-,8-,9-/m1/s1. The summed E-state index contributed by atoms with van der Waals surface area (Å²) < 4.78 is 16.2. The Hall–Kier alpha value is -1.60. The van der Waals surface area contributed by atoms with Crippen LogP contribution in [0.25, 0.3) is 0 Å². The lowest BCUT2D eigenvalue weighted by atomic mass is 9.91. The van der Waals surface area contributed by atoms with Crippen LogP contribution in [0.1, 0.15) is 13.8 Å². The molecule has 2 fully saturated rings. The van der Waals surface area contributed by atoms with Crippen molar-refractivity contribution in [2.75, 3.05) is 6.61 Å². The average Bonchev–Trinajstić information content (AvgIpc) is 2.29. The third-order valence-corrected chi connectivity index (χ3v) is 3.32. The molecule has 0 aromatic rings. The van der Waals surface area contributed by atoms with Crippen LogP contribution in [0.3, 0.4) is 0 Å². The molecular formula is C11H14N2O5. The highest BCUT2D eigenvalue weighted by atomic mass is 16.7. The molecule has 0 aromatic carbocycles. The van der Waals surface area contributed by atoms with Gasteiger partial charge in [-0.1, -0.05) is 0 Å². The minimum absolute atomic E-state index is 0.281. The number of amides is 2. The van der Waals surface area contributed by atoms with Gasteiger partial charge in [0.15, 0.2) is 12.4 Å². The van der Waals surface area contributed by atoms with Crippen LogP contribution >= 0.6 is 0 Å². The Kier molecular flexibility index (Phi) is 2.53. The zero-order valence-electron chi connectivity index (χ0n) is 10.1. The lowest BCUT2D eigenvalue weighted by Crippen LogP contribution is -2.64. The Bertz CT molecular complexity index is 447. The van der Waals surface area contributed by atoms with Crippen LogP contribution in [-0.2, 0) is 19.0 Å². The maximum Gasteiger partial charge on any atom is 0.338 e. The van der Waals surface area contributed by atoms with Crippen molar-refractivity contribution in [2.45, 2.75) is 38.4 Å². The Balaban J connectivity index is 1.97. The number of nitrogens with one attached hydrogen (secondary N) is 2. The van der Waals surface area contributed by atoms with Crippen LogP contribution in [0.4, 0.5) is 4.79 Å². The molecule has 0 radical (unpaired) electrons. The summed E-state index contributed by atoms with van der Waals surface area (Å²) in [6.07, 6.45) is -1.26. The van der Waals surface area contributed by atoms with E-state index < -0.39 is 24.2 Å². The van der Waals surface area contributed by atoms with Gasteiger partial charge in [0.1, 0.15) is 6.10 Å². The molecule has 0 spiro atoms. The Morgan fingerprint density at radius 3 is 2.89 bits per heavy atom. The van der Waals surface area contributed by atoms with Gasteiger partial charge in [0.2, 0.25) is 0 Å². The summed E-state index contributed by atoms with van der Waals surface area (Å²) in [5.41, 5.74) is 0.930. The molecule has 0 unspecified atom stereocenters. The third-order valence-electron chi connectivity index (χ3n) is 3.32. The number of hydrogen-bond donors (Lipinski definition) is 2. The first-order chi connectivity index (χ1) is 8.56. The fourth-order valence-corrected chi connectivity index (χ4v) is 2.52. The topological polar surface area (TPSA) is 85.9 Å². The number of carbonyl (C=O) groups is 2. The molecule has 98 valence electrons. The Morgan fingerprint density at radius 2 is 2.11 bits per heavy atom. The predicted molar refractivity (Wildman–Crippen MR) is 58.3 cm³/mol. The van der Waals surface area contributed by atoms with Gasteiger partial charge in [-0.05, 0) is 13.8 Å². The van der Waals surface area contributed by atoms with Gasteiger partial charge in [0, 0.05) is 5.70 Å². The molecule has 7 heteroatoms. The SMILES string of the molecule is CC1=C2C(=O)O[C@@H]3CO[C@@H](C)O[C@H]3[C@@H]2NC(=O)N1. The van der Waals surface area contributed by atoms with Crippen molar-refractivity contribution in [1.29, 1.82) is 0 Å². The van der Waals surface area contributed by atoms with E-state index in [2.05, 4.69) is 10.6 Å². The van der Waals surface area contributed by atoms with Crippen molar-refractivity contribution >= 4 is 12.0 Å². The van der Waals surface area contributed by atoms with E-state index in [1.165, 1.54) is 0 Å². The van der Waals surface area contributed by atoms with Crippen LogP contribution in [-0.4, -0.2) is 43.1 Å². The number of fused-ring (bicyclic) bond motifs is 3. The van der Waals surface area contributed by atoms with Crippen LogP contribution in [0.5, 0.6) is 0 Å². The summed E-state index contributed by atoms with van der Waals surface area (Å²) in [4.78, 5) is 23.4. The Labute approximate surface area is 103 Å². The number of hydrogen-bond acceptors (Lipinski definition) is 5. The van der Waals surface area contributed by atoms with E-state index in [4.69, 9.17) is 14.2 Å². The van der Waals surface area contributed by atoms with Gasteiger partial charge in [-0.15, -0.1) is 0 Å². The number of carbonyl (C=O) groups excluding carboxylic acids is 2. The zero-order chi connectivity index (χ0) is 12.9. The van der Waals surface area contributed by atoms with E-state index in [9.17, 15) is 9.59 Å². The zero-order valence-corrected chi connectivity index (χ0v) is 10.1. The van der Waals surface area contributed by atoms with Crippen LogP contribution in [0, 0.1) is 0 Å². The summed E-state index contributed by atoms with van der Waals surface area (Å²) in [7, 11) is 0. The summed E-state index contributed by atoms with van der Waals surface area (Å²) >= 11 is 0. The molecule has 7 nitrogen and oxygen atoms in total. The first-order valence-corrected chi connectivity index (χ1v) is 5.82. The second-order valence-electron chi connectivity index (χ2n) is 4.56. The van der Waals surface area contributed by atoms with E-state index >= 15 is 0 Å². The highest BCUT2D eigenvalue weighted by molar-refractivity contribution is 5.95. The number of urea groups is 1. The van der Waals surface area contributed by atoms with E-state index in [-0.39, 0.29) is 18.9 Å². The van der Waals surface area contributed by atoms with Gasteiger partial charge in [-0.3, -0.25) is 0 Å². The first kappa shape index (κ1) is 11.5. The van der Waals surface area contributed by atoms with E-state index in [1.807, 2.05) is 0 Å². The van der Waals surface area contributed by atoms with Gasteiger partial charge >= 0.3 is 12.0 Å². The smallest absolute Gasteiger partial charge is 0.338 e. The minimum Gasteiger partial charge on any atom is -0.454 e. The first-order valence-electron chi connectivity index (χ1n) is 5.82. The molecule has 2 N–H and O–H groups in total. The number of allylic oxidation sites excluding steroid dienone is 1. The lowest BCUT2D eigenvalue weighted by Gasteiger charge is -2.44. The van der Waals surface area contributed by atoms with E-state index in [1.54, 1.807) is 13.8 Å². The summed E-state index contributed by atoms with van der Waals surface area (Å²) in [6, 6.07) is -0.811. The van der Waals surface area contributed by atoms with Gasteiger partial charge in [0.05, 0.1) is 18.2 Å². The summed E-state index contributed by atoms with van der Waals surface area (Å²) in [6.45, 7) is 3.72. The van der Waals surface area contributed by atoms with Crippen molar-refractivity contribution in [1.82, 2.24) is 10.6 Å². The molecule has 0 bridgehead atoms. The summed E-state index contributed by atoms with van der Waals surface area (Å²) in [5, 5.41) is 5.27. The maximum absolute atomic E-state index is 11.9. The fourth-order valence-electron chi connectivity index (χ4n) is 2.52. The third kappa shape index (κ3) is 1.67. The molecule has 2 amide bonds. The molecule has 2 saturated heterocycles. The van der Waals surface area contributed by atoms with Gasteiger partial charge in [-0.2, -0.15) is 0 Å². The fraction of sp³-hybridized carbons (Fsp3) is 0.636. The minimum atomic E-state index is -0.478. The quantitative estimate of drug-likeness (QED) is 0.576. The molecule has 3 heterocycles. The monoisotopic (exact) mass is 254 g/mol. The molecule has 3 aliphatic rings. The van der Waals surface area contributed by atoms with Crippen molar-refractivity contribution in [3.8, 4) is 0 Å². The van der Waals surface area contributed by atoms with Crippen LogP contribution in [0.2, 0.25) is 0 Å². The normalized spacial score (nSPS) is 39.2. The molecule has 18 heavy (non-hydrogen) atoms. The van der Waals surface area contributed by atoms with Crippen molar-refractivity contribution in [2.24, 2.45) is 0 Å². The molecular weight excluding hydrogens is 240 g/mol. The van der Waals surface area contributed by atoms with Crippen LogP contribution < -0.4 is 10.6 Å². The van der Waals surface area contributed by atoms with Gasteiger partial charge < -0.3 is 24.8 Å². The molecule has 0 aromatic heterocycles. The van der Waals surface area contributed by atoms with Crippen molar-refractivity contribution < 1.29 is 23.8 Å². The molecule has 3 rings (SSSR count). The lowest BCUT2D eigenvalue weighted by molar-refractivity contribution is -0.260. The largest absolute Gasteiger partial charge is 0.454 e. The molecule has 3 aliphatic heterocycles. The van der Waals surface area contributed by atoms with Crippen molar-refractivity contribution in [3.05, 3.63) is 11.3 Å². The second kappa shape index (κ2) is 3.96. The number of ether oxygens (including phenoxy) is 3. The molecule has 4 atom stereocenters.